The lowest BCUT2D eigenvalue weighted by molar-refractivity contribution is 0.488. The fourth-order valence-electron chi connectivity index (χ4n) is 5.63. The van der Waals surface area contributed by atoms with Crippen LogP contribution in [0.25, 0.3) is 16.3 Å². The molecule has 3 aliphatic rings. The summed E-state index contributed by atoms with van der Waals surface area (Å²) in [5.74, 6) is 1.97. The molecule has 2 heteroatoms. The van der Waals surface area contributed by atoms with Gasteiger partial charge in [-0.25, -0.2) is 0 Å². The van der Waals surface area contributed by atoms with Crippen molar-refractivity contribution in [1.29, 1.82) is 0 Å². The minimum absolute atomic E-state index is 0.0142. The van der Waals surface area contributed by atoms with Gasteiger partial charge >= 0.3 is 0 Å². The smallest absolute Gasteiger partial charge is 0.252 e. The van der Waals surface area contributed by atoms with Crippen LogP contribution in [0.2, 0.25) is 0 Å². The van der Waals surface area contributed by atoms with Gasteiger partial charge in [-0.05, 0) is 57.5 Å². The van der Waals surface area contributed by atoms with E-state index >= 15 is 0 Å². The van der Waals surface area contributed by atoms with Crippen LogP contribution < -0.4 is 15.7 Å². The van der Waals surface area contributed by atoms with Gasteiger partial charge in [-0.3, -0.25) is 0 Å². The zero-order chi connectivity index (χ0) is 20.6. The average molecular weight is 386 g/mol. The van der Waals surface area contributed by atoms with Crippen molar-refractivity contribution in [2.45, 2.75) is 20.8 Å². The lowest BCUT2D eigenvalue weighted by Gasteiger charge is -2.29. The Labute approximate surface area is 178 Å². The number of allylic oxidation sites excluding steroid dienone is 7. The number of benzene rings is 3. The van der Waals surface area contributed by atoms with Crippen LogP contribution in [0.3, 0.4) is 0 Å². The summed E-state index contributed by atoms with van der Waals surface area (Å²) in [5.41, 5.74) is 9.60. The van der Waals surface area contributed by atoms with Crippen molar-refractivity contribution in [3.63, 3.8) is 0 Å². The molecule has 0 atom stereocenters. The Bertz CT molecular complexity index is 1370. The van der Waals surface area contributed by atoms with Crippen molar-refractivity contribution in [1.82, 2.24) is 0 Å². The van der Waals surface area contributed by atoms with Crippen LogP contribution in [0.4, 0.5) is 0 Å². The third kappa shape index (κ3) is 2.09. The molecular formula is C28H23BO. The molecule has 3 aromatic carbocycles. The third-order valence-electron chi connectivity index (χ3n) is 7.25. The maximum Gasteiger partial charge on any atom is 0.252 e. The molecule has 144 valence electrons. The summed E-state index contributed by atoms with van der Waals surface area (Å²) in [6.45, 7) is 11.1. The highest BCUT2D eigenvalue weighted by molar-refractivity contribution is 6.96. The summed E-state index contributed by atoms with van der Waals surface area (Å²) < 4.78 is 6.48. The molecule has 2 heterocycles. The largest absolute Gasteiger partial charge is 0.458 e. The molecule has 0 amide bonds. The Morgan fingerprint density at radius 3 is 2.50 bits per heavy atom. The fourth-order valence-corrected chi connectivity index (χ4v) is 5.63. The first-order valence-electron chi connectivity index (χ1n) is 10.6. The average Bonchev–Trinajstić information content (AvgIpc) is 3.19. The minimum atomic E-state index is -0.0142. The predicted molar refractivity (Wildman–Crippen MR) is 128 cm³/mol. The first-order chi connectivity index (χ1) is 14.5. The zero-order valence-electron chi connectivity index (χ0n) is 17.6. The van der Waals surface area contributed by atoms with Crippen LogP contribution in [0.5, 0.6) is 11.5 Å². The lowest BCUT2D eigenvalue weighted by Crippen LogP contribution is -2.47. The van der Waals surface area contributed by atoms with E-state index in [4.69, 9.17) is 4.74 Å². The number of hydrogen-bond donors (Lipinski definition) is 0. The van der Waals surface area contributed by atoms with Gasteiger partial charge < -0.3 is 4.74 Å². The van der Waals surface area contributed by atoms with Gasteiger partial charge in [0.25, 0.3) is 6.71 Å². The van der Waals surface area contributed by atoms with Gasteiger partial charge in [-0.1, -0.05) is 92.2 Å². The van der Waals surface area contributed by atoms with E-state index in [0.29, 0.717) is 0 Å². The molecule has 2 aliphatic heterocycles. The van der Waals surface area contributed by atoms with Crippen LogP contribution in [0.15, 0.2) is 96.0 Å². The van der Waals surface area contributed by atoms with E-state index in [1.807, 2.05) is 6.08 Å². The van der Waals surface area contributed by atoms with Crippen LogP contribution in [-0.4, -0.2) is 6.71 Å². The summed E-state index contributed by atoms with van der Waals surface area (Å²) >= 11 is 0. The normalized spacial score (nSPS) is 18.0. The van der Waals surface area contributed by atoms with E-state index in [0.717, 1.165) is 11.5 Å². The van der Waals surface area contributed by atoms with Gasteiger partial charge in [0.15, 0.2) is 0 Å². The van der Waals surface area contributed by atoms with Gasteiger partial charge in [0.1, 0.15) is 11.5 Å². The van der Waals surface area contributed by atoms with Crippen molar-refractivity contribution in [2.24, 2.45) is 5.41 Å². The number of ether oxygens (including phenoxy) is 1. The number of hydrogen-bond acceptors (Lipinski definition) is 1. The van der Waals surface area contributed by atoms with Crippen LogP contribution in [0, 0.1) is 5.41 Å². The molecule has 0 N–H and O–H groups in total. The summed E-state index contributed by atoms with van der Waals surface area (Å²) in [5, 5.41) is 2.48. The van der Waals surface area contributed by atoms with Crippen molar-refractivity contribution in [2.75, 3.05) is 0 Å². The Hall–Kier alpha value is -3.26. The van der Waals surface area contributed by atoms with E-state index in [1.54, 1.807) is 0 Å². The van der Waals surface area contributed by atoms with Crippen LogP contribution >= 0.6 is 0 Å². The predicted octanol–water partition coefficient (Wildman–Crippen LogP) is 5.96. The Morgan fingerprint density at radius 2 is 1.73 bits per heavy atom. The van der Waals surface area contributed by atoms with Crippen molar-refractivity contribution in [3.8, 4) is 11.5 Å². The van der Waals surface area contributed by atoms with Crippen LogP contribution in [-0.2, 0) is 0 Å². The summed E-state index contributed by atoms with van der Waals surface area (Å²) in [6.07, 6.45) is 6.17. The summed E-state index contributed by atoms with van der Waals surface area (Å²) in [4.78, 5) is 0. The Balaban J connectivity index is 1.70. The molecule has 0 saturated carbocycles. The second kappa shape index (κ2) is 5.89. The van der Waals surface area contributed by atoms with E-state index in [9.17, 15) is 0 Å². The number of rotatable bonds is 2. The van der Waals surface area contributed by atoms with Gasteiger partial charge in [0.2, 0.25) is 0 Å². The SMILES string of the molecule is C=C/C=C\C1=C(C)C(C)(C)C2=C1B1c3cc4ccccc4cc3Oc3cccc2c31. The minimum Gasteiger partial charge on any atom is -0.458 e. The molecule has 0 radical (unpaired) electrons. The molecule has 0 unspecified atom stereocenters. The molecule has 0 bridgehead atoms. The highest BCUT2D eigenvalue weighted by Crippen LogP contribution is 2.56. The zero-order valence-corrected chi connectivity index (χ0v) is 17.6. The van der Waals surface area contributed by atoms with E-state index in [1.165, 1.54) is 49.5 Å². The van der Waals surface area contributed by atoms with Crippen molar-refractivity contribution < 1.29 is 4.74 Å². The van der Waals surface area contributed by atoms with Gasteiger partial charge in [-0.2, -0.15) is 0 Å². The molecule has 6 rings (SSSR count). The first kappa shape index (κ1) is 17.6. The fraction of sp³-hybridized carbons (Fsp3) is 0.143. The highest BCUT2D eigenvalue weighted by atomic mass is 16.5. The summed E-state index contributed by atoms with van der Waals surface area (Å²) in [7, 11) is 0. The van der Waals surface area contributed by atoms with E-state index in [2.05, 4.69) is 94.1 Å². The molecular weight excluding hydrogens is 363 g/mol. The second-order valence-corrected chi connectivity index (χ2v) is 9.04. The number of fused-ring (bicyclic) bond motifs is 5. The molecule has 0 fully saturated rings. The quantitative estimate of drug-likeness (QED) is 0.390. The Kier molecular flexibility index (Phi) is 3.45. The lowest BCUT2D eigenvalue weighted by atomic mass is 9.36. The second-order valence-electron chi connectivity index (χ2n) is 9.04. The monoisotopic (exact) mass is 386 g/mol. The maximum atomic E-state index is 6.48. The molecule has 0 aromatic heterocycles. The molecule has 0 saturated heterocycles. The molecule has 30 heavy (non-hydrogen) atoms. The van der Waals surface area contributed by atoms with Gasteiger partial charge in [0.05, 0.1) is 0 Å². The molecule has 1 aliphatic carbocycles. The van der Waals surface area contributed by atoms with E-state index < -0.39 is 0 Å². The summed E-state index contributed by atoms with van der Waals surface area (Å²) in [6, 6.07) is 19.6. The standard InChI is InChI=1S/C28H23BO/c1-5-6-12-20-17(2)28(3,4)25-21-13-9-14-23-26(21)29(27(20)25)22-15-18-10-7-8-11-19(18)16-24(22)30-23/h5-16H,1H2,2-4H3/b12-6-. The molecule has 3 aromatic rings. The van der Waals surface area contributed by atoms with E-state index in [-0.39, 0.29) is 12.1 Å². The van der Waals surface area contributed by atoms with Crippen molar-refractivity contribution in [3.05, 3.63) is 102 Å². The maximum absolute atomic E-state index is 6.48. The van der Waals surface area contributed by atoms with Crippen molar-refractivity contribution >= 4 is 34.0 Å². The first-order valence-corrected chi connectivity index (χ1v) is 10.6. The van der Waals surface area contributed by atoms with Gasteiger partial charge in [0, 0.05) is 5.41 Å². The van der Waals surface area contributed by atoms with Gasteiger partial charge in [-0.15, -0.1) is 0 Å². The molecule has 0 spiro atoms. The third-order valence-corrected chi connectivity index (χ3v) is 7.25. The Morgan fingerprint density at radius 1 is 0.967 bits per heavy atom. The topological polar surface area (TPSA) is 9.23 Å². The molecule has 1 nitrogen and oxygen atoms in total. The van der Waals surface area contributed by atoms with Crippen LogP contribution in [0.1, 0.15) is 26.3 Å². The highest BCUT2D eigenvalue weighted by Gasteiger charge is 2.50.